The standard InChI is InChI=1S/C26H28F2N2O3S/c27-26(28)33-18-12-10-17(11-13-18)23(30-14-4-1-5-15-30)22-19-7-2-3-9-21(19)34-25(22)29-24(31)20-8-6-16-32-20/h6,8,10-13,16,23,26H,1-5,7,9,14-15H2,(H,29,31)/t23-/m0/s1. The maximum atomic E-state index is 12.9. The monoisotopic (exact) mass is 486 g/mol. The smallest absolute Gasteiger partial charge is 0.387 e. The number of aryl methyl sites for hydroxylation is 1. The Morgan fingerprint density at radius 2 is 1.79 bits per heavy atom. The van der Waals surface area contributed by atoms with Crippen molar-refractivity contribution in [2.24, 2.45) is 0 Å². The molecule has 5 nitrogen and oxygen atoms in total. The molecular formula is C26H28F2N2O3S. The third-order valence-electron chi connectivity index (χ3n) is 6.63. The molecule has 180 valence electrons. The third-order valence-corrected chi connectivity index (χ3v) is 7.86. The Kier molecular flexibility index (Phi) is 6.97. The fraction of sp³-hybridized carbons (Fsp3) is 0.423. The van der Waals surface area contributed by atoms with Crippen LogP contribution in [-0.4, -0.2) is 30.5 Å². The maximum Gasteiger partial charge on any atom is 0.387 e. The molecular weight excluding hydrogens is 458 g/mol. The van der Waals surface area contributed by atoms with E-state index in [2.05, 4.69) is 15.0 Å². The Bertz CT molecular complexity index is 1110. The van der Waals surface area contributed by atoms with Gasteiger partial charge in [0.05, 0.1) is 12.3 Å². The van der Waals surface area contributed by atoms with E-state index in [-0.39, 0.29) is 23.5 Å². The highest BCUT2D eigenvalue weighted by Crippen LogP contribution is 2.46. The van der Waals surface area contributed by atoms with Crippen LogP contribution >= 0.6 is 11.3 Å². The van der Waals surface area contributed by atoms with Crippen molar-refractivity contribution in [1.29, 1.82) is 0 Å². The van der Waals surface area contributed by atoms with E-state index < -0.39 is 6.61 Å². The van der Waals surface area contributed by atoms with E-state index in [9.17, 15) is 13.6 Å². The van der Waals surface area contributed by atoms with Gasteiger partial charge in [0.2, 0.25) is 0 Å². The summed E-state index contributed by atoms with van der Waals surface area (Å²) in [4.78, 5) is 16.7. The predicted molar refractivity (Wildman–Crippen MR) is 128 cm³/mol. The summed E-state index contributed by atoms with van der Waals surface area (Å²) in [6.07, 6.45) is 9.19. The van der Waals surface area contributed by atoms with Crippen LogP contribution in [0.3, 0.4) is 0 Å². The number of hydrogen-bond acceptors (Lipinski definition) is 5. The van der Waals surface area contributed by atoms with E-state index in [1.54, 1.807) is 35.6 Å². The summed E-state index contributed by atoms with van der Waals surface area (Å²) < 4.78 is 35.3. The SMILES string of the molecule is O=C(Nc1sc2c(c1[C@H](c1ccc(OC(F)F)cc1)N1CCCCC1)CCCC2)c1ccco1. The second-order valence-corrected chi connectivity index (χ2v) is 9.94. The normalized spacial score (nSPS) is 17.4. The molecule has 1 fully saturated rings. The van der Waals surface area contributed by atoms with Gasteiger partial charge in [-0.05, 0) is 87.0 Å². The number of carbonyl (C=O) groups excluding carboxylic acids is 1. The van der Waals surface area contributed by atoms with E-state index in [1.807, 2.05) is 12.1 Å². The molecule has 1 aromatic carbocycles. The summed E-state index contributed by atoms with van der Waals surface area (Å²) >= 11 is 1.66. The van der Waals surface area contributed by atoms with Crippen LogP contribution in [0.4, 0.5) is 13.8 Å². The quantitative estimate of drug-likeness (QED) is 0.406. The molecule has 1 aliphatic heterocycles. The van der Waals surface area contributed by atoms with E-state index in [0.29, 0.717) is 0 Å². The number of nitrogens with one attached hydrogen (secondary N) is 1. The van der Waals surface area contributed by atoms with Gasteiger partial charge < -0.3 is 14.5 Å². The minimum atomic E-state index is -2.85. The molecule has 1 amide bonds. The van der Waals surface area contributed by atoms with Crippen LogP contribution in [0.2, 0.25) is 0 Å². The second kappa shape index (κ2) is 10.3. The lowest BCUT2D eigenvalue weighted by atomic mass is 9.88. The van der Waals surface area contributed by atoms with Gasteiger partial charge in [0.1, 0.15) is 10.8 Å². The van der Waals surface area contributed by atoms with E-state index in [1.165, 1.54) is 23.1 Å². The van der Waals surface area contributed by atoms with Crippen LogP contribution in [0.15, 0.2) is 47.1 Å². The summed E-state index contributed by atoms with van der Waals surface area (Å²) in [7, 11) is 0. The number of halogens is 2. The Morgan fingerprint density at radius 1 is 1.03 bits per heavy atom. The minimum Gasteiger partial charge on any atom is -0.459 e. The zero-order chi connectivity index (χ0) is 23.5. The average Bonchev–Trinajstić information content (AvgIpc) is 3.50. The molecule has 0 bridgehead atoms. The summed E-state index contributed by atoms with van der Waals surface area (Å²) in [5.41, 5.74) is 3.49. The highest BCUT2D eigenvalue weighted by molar-refractivity contribution is 7.16. The lowest BCUT2D eigenvalue weighted by Crippen LogP contribution is -2.35. The first-order valence-corrected chi connectivity index (χ1v) is 12.7. The molecule has 0 radical (unpaired) electrons. The molecule has 1 N–H and O–H groups in total. The molecule has 34 heavy (non-hydrogen) atoms. The number of furan rings is 1. The van der Waals surface area contributed by atoms with Gasteiger partial charge in [0.15, 0.2) is 5.76 Å². The first-order chi connectivity index (χ1) is 16.6. The average molecular weight is 487 g/mol. The highest BCUT2D eigenvalue weighted by Gasteiger charge is 2.33. The molecule has 2 aromatic heterocycles. The summed E-state index contributed by atoms with van der Waals surface area (Å²) in [5, 5.41) is 3.99. The van der Waals surface area contributed by atoms with Gasteiger partial charge in [-0.15, -0.1) is 11.3 Å². The lowest BCUT2D eigenvalue weighted by Gasteiger charge is -2.36. The molecule has 0 saturated carbocycles. The number of thiophene rings is 1. The van der Waals surface area contributed by atoms with Crippen LogP contribution in [0.25, 0.3) is 0 Å². The van der Waals surface area contributed by atoms with E-state index >= 15 is 0 Å². The fourth-order valence-corrected chi connectivity index (χ4v) is 6.43. The number of amides is 1. The number of carbonyl (C=O) groups is 1. The number of fused-ring (bicyclic) bond motifs is 1. The third kappa shape index (κ3) is 4.88. The first-order valence-electron chi connectivity index (χ1n) is 11.9. The summed E-state index contributed by atoms with van der Waals surface area (Å²) in [5.74, 6) is 0.165. The zero-order valence-corrected chi connectivity index (χ0v) is 19.7. The van der Waals surface area contributed by atoms with Crippen LogP contribution in [0.5, 0.6) is 5.75 Å². The summed E-state index contributed by atoms with van der Waals surface area (Å²) in [6, 6.07) is 10.3. The number of anilines is 1. The number of benzene rings is 1. The minimum absolute atomic E-state index is 0.0640. The summed E-state index contributed by atoms with van der Waals surface area (Å²) in [6.45, 7) is -0.942. The molecule has 0 unspecified atom stereocenters. The van der Waals surface area contributed by atoms with Crippen LogP contribution < -0.4 is 10.1 Å². The topological polar surface area (TPSA) is 54.7 Å². The zero-order valence-electron chi connectivity index (χ0n) is 18.9. The molecule has 1 aliphatic carbocycles. The Hall–Kier alpha value is -2.71. The van der Waals surface area contributed by atoms with Crippen LogP contribution in [0.1, 0.15) is 70.3 Å². The van der Waals surface area contributed by atoms with Gasteiger partial charge in [-0.25, -0.2) is 0 Å². The van der Waals surface area contributed by atoms with Crippen molar-refractivity contribution < 1.29 is 22.7 Å². The van der Waals surface area contributed by atoms with Crippen LogP contribution in [-0.2, 0) is 12.8 Å². The first kappa shape index (κ1) is 23.1. The molecule has 1 atom stereocenters. The number of alkyl halides is 2. The van der Waals surface area contributed by atoms with Crippen molar-refractivity contribution in [2.45, 2.75) is 57.6 Å². The van der Waals surface area contributed by atoms with Crippen molar-refractivity contribution in [3.05, 3.63) is 70.0 Å². The predicted octanol–water partition coefficient (Wildman–Crippen LogP) is 6.65. The van der Waals surface area contributed by atoms with Crippen LogP contribution in [0, 0.1) is 0 Å². The number of rotatable bonds is 7. The van der Waals surface area contributed by atoms with Gasteiger partial charge in [-0.3, -0.25) is 9.69 Å². The number of nitrogens with zero attached hydrogens (tertiary/aromatic N) is 1. The van der Waals surface area contributed by atoms with E-state index in [0.717, 1.165) is 67.7 Å². The lowest BCUT2D eigenvalue weighted by molar-refractivity contribution is -0.0498. The maximum absolute atomic E-state index is 12.9. The number of ether oxygens (including phenoxy) is 1. The Labute approximate surface area is 201 Å². The molecule has 2 aliphatic rings. The van der Waals surface area contributed by atoms with Crippen molar-refractivity contribution >= 4 is 22.2 Å². The van der Waals surface area contributed by atoms with Crippen molar-refractivity contribution in [1.82, 2.24) is 4.90 Å². The van der Waals surface area contributed by atoms with E-state index in [4.69, 9.17) is 4.42 Å². The molecule has 0 spiro atoms. The van der Waals surface area contributed by atoms with Gasteiger partial charge in [0, 0.05) is 10.4 Å². The Morgan fingerprint density at radius 3 is 2.50 bits per heavy atom. The van der Waals surface area contributed by atoms with Gasteiger partial charge in [-0.1, -0.05) is 18.6 Å². The largest absolute Gasteiger partial charge is 0.459 e. The molecule has 5 rings (SSSR count). The van der Waals surface area contributed by atoms with Gasteiger partial charge in [0.25, 0.3) is 5.91 Å². The number of hydrogen-bond donors (Lipinski definition) is 1. The van der Waals surface area contributed by atoms with Gasteiger partial charge >= 0.3 is 6.61 Å². The molecule has 8 heteroatoms. The Balaban J connectivity index is 1.57. The number of piperidine rings is 1. The highest BCUT2D eigenvalue weighted by atomic mass is 32.1. The second-order valence-electron chi connectivity index (χ2n) is 8.83. The molecule has 3 heterocycles. The molecule has 3 aromatic rings. The number of likely N-dealkylation sites (tertiary alicyclic amines) is 1. The van der Waals surface area contributed by atoms with Crippen molar-refractivity contribution in [2.75, 3.05) is 18.4 Å². The van der Waals surface area contributed by atoms with Gasteiger partial charge in [-0.2, -0.15) is 8.78 Å². The van der Waals surface area contributed by atoms with Crippen molar-refractivity contribution in [3.63, 3.8) is 0 Å². The fourth-order valence-electron chi connectivity index (χ4n) is 5.11. The molecule has 1 saturated heterocycles. The van der Waals surface area contributed by atoms with Crippen molar-refractivity contribution in [3.8, 4) is 5.75 Å².